The maximum atomic E-state index is 2.37. The molecule has 1 heterocycles. The van der Waals surface area contributed by atoms with E-state index in [1.807, 2.05) is 6.07 Å². The first-order chi connectivity index (χ1) is 16.8. The zero-order chi connectivity index (χ0) is 22.9. The van der Waals surface area contributed by atoms with Crippen molar-refractivity contribution in [2.75, 3.05) is 21.7 Å². The minimum absolute atomic E-state index is 1.13. The first kappa shape index (κ1) is 20.1. The number of hydrogen-bond acceptors (Lipinski definition) is 3. The lowest BCUT2D eigenvalue weighted by Crippen LogP contribution is -2.24. The molecule has 0 bridgehead atoms. The van der Waals surface area contributed by atoms with Crippen LogP contribution in [0.15, 0.2) is 133 Å². The second kappa shape index (κ2) is 8.45. The van der Waals surface area contributed by atoms with E-state index in [1.54, 1.807) is 0 Å². The first-order valence-corrected chi connectivity index (χ1v) is 11.5. The Kier molecular flexibility index (Phi) is 5.00. The molecule has 0 spiro atoms. The number of para-hydroxylation sites is 6. The van der Waals surface area contributed by atoms with Gasteiger partial charge in [0.25, 0.3) is 0 Å². The van der Waals surface area contributed by atoms with E-state index in [0.29, 0.717) is 0 Å². The monoisotopic (exact) mass is 439 g/mol. The van der Waals surface area contributed by atoms with Gasteiger partial charge in [0.2, 0.25) is 0 Å². The second-order valence-electron chi connectivity index (χ2n) is 8.40. The molecular formula is C31H25N3. The number of rotatable bonds is 4. The number of anilines is 8. The van der Waals surface area contributed by atoms with E-state index < -0.39 is 0 Å². The normalized spacial score (nSPS) is 12.1. The molecule has 0 atom stereocenters. The van der Waals surface area contributed by atoms with Crippen molar-refractivity contribution in [3.8, 4) is 0 Å². The smallest absolute Gasteiger partial charge is 0.0703 e. The quantitative estimate of drug-likeness (QED) is 0.272. The summed E-state index contributed by atoms with van der Waals surface area (Å²) in [5.74, 6) is 0. The third-order valence-corrected chi connectivity index (χ3v) is 6.36. The number of fused-ring (bicyclic) bond motifs is 2. The van der Waals surface area contributed by atoms with Crippen molar-refractivity contribution >= 4 is 45.5 Å². The van der Waals surface area contributed by atoms with Crippen LogP contribution in [-0.4, -0.2) is 7.05 Å². The summed E-state index contributed by atoms with van der Waals surface area (Å²) < 4.78 is 0. The average Bonchev–Trinajstić information content (AvgIpc) is 2.92. The third-order valence-electron chi connectivity index (χ3n) is 6.36. The van der Waals surface area contributed by atoms with Crippen molar-refractivity contribution in [1.82, 2.24) is 0 Å². The molecule has 1 aliphatic heterocycles. The van der Waals surface area contributed by atoms with E-state index >= 15 is 0 Å². The fourth-order valence-corrected chi connectivity index (χ4v) is 4.72. The summed E-state index contributed by atoms with van der Waals surface area (Å²) in [5, 5.41) is 0. The third kappa shape index (κ3) is 3.39. The van der Waals surface area contributed by atoms with Gasteiger partial charge < -0.3 is 14.7 Å². The summed E-state index contributed by atoms with van der Waals surface area (Å²) in [5.41, 5.74) is 9.23. The topological polar surface area (TPSA) is 9.72 Å². The van der Waals surface area contributed by atoms with Gasteiger partial charge in [0.05, 0.1) is 22.7 Å². The predicted octanol–water partition coefficient (Wildman–Crippen LogP) is 8.71. The maximum absolute atomic E-state index is 2.37. The van der Waals surface area contributed by atoms with Crippen molar-refractivity contribution in [2.45, 2.75) is 0 Å². The maximum Gasteiger partial charge on any atom is 0.0703 e. The lowest BCUT2D eigenvalue weighted by Gasteiger charge is -2.40. The van der Waals surface area contributed by atoms with Crippen LogP contribution in [0.3, 0.4) is 0 Å². The molecule has 0 saturated heterocycles. The molecule has 164 valence electrons. The number of benzene rings is 5. The molecular weight excluding hydrogens is 414 g/mol. The van der Waals surface area contributed by atoms with Crippen LogP contribution in [-0.2, 0) is 0 Å². The first-order valence-electron chi connectivity index (χ1n) is 11.5. The zero-order valence-electron chi connectivity index (χ0n) is 19.0. The molecule has 0 saturated carbocycles. The fraction of sp³-hybridized carbons (Fsp3) is 0.0323. The second-order valence-corrected chi connectivity index (χ2v) is 8.40. The van der Waals surface area contributed by atoms with Gasteiger partial charge in [0.15, 0.2) is 0 Å². The van der Waals surface area contributed by atoms with Crippen LogP contribution in [0.1, 0.15) is 0 Å². The molecule has 5 aromatic carbocycles. The van der Waals surface area contributed by atoms with Crippen molar-refractivity contribution < 1.29 is 0 Å². The van der Waals surface area contributed by atoms with Gasteiger partial charge in [0.1, 0.15) is 0 Å². The zero-order valence-corrected chi connectivity index (χ0v) is 19.0. The molecule has 0 N–H and O–H groups in total. The minimum Gasteiger partial charge on any atom is -0.345 e. The molecule has 5 aromatic rings. The highest BCUT2D eigenvalue weighted by Crippen LogP contribution is 2.54. The van der Waals surface area contributed by atoms with Crippen molar-refractivity contribution in [1.29, 1.82) is 0 Å². The summed E-state index contributed by atoms with van der Waals surface area (Å²) in [6, 6.07) is 47.1. The average molecular weight is 440 g/mol. The van der Waals surface area contributed by atoms with Crippen LogP contribution < -0.4 is 14.7 Å². The van der Waals surface area contributed by atoms with Gasteiger partial charge in [0, 0.05) is 29.8 Å². The Labute approximate surface area is 200 Å². The van der Waals surface area contributed by atoms with E-state index in [1.165, 1.54) is 0 Å². The number of hydrogen-bond donors (Lipinski definition) is 0. The van der Waals surface area contributed by atoms with Crippen molar-refractivity contribution in [3.05, 3.63) is 133 Å². The van der Waals surface area contributed by atoms with E-state index in [9.17, 15) is 0 Å². The SMILES string of the molecule is CN(c1ccccc1)c1cccc(N2c3ccccc3N(c3ccccc3)c3ccccc32)c1. The summed E-state index contributed by atoms with van der Waals surface area (Å²) in [7, 11) is 2.11. The Bertz CT molecular complexity index is 1380. The lowest BCUT2D eigenvalue weighted by molar-refractivity contribution is 1.16. The molecule has 0 aliphatic carbocycles. The summed E-state index contributed by atoms with van der Waals surface area (Å²) in [6.07, 6.45) is 0. The number of nitrogens with zero attached hydrogens (tertiary/aromatic N) is 3. The summed E-state index contributed by atoms with van der Waals surface area (Å²) in [4.78, 5) is 6.94. The summed E-state index contributed by atoms with van der Waals surface area (Å²) >= 11 is 0. The Balaban J connectivity index is 1.51. The predicted molar refractivity (Wildman–Crippen MR) is 144 cm³/mol. The van der Waals surface area contributed by atoms with Crippen LogP contribution in [0.5, 0.6) is 0 Å². The van der Waals surface area contributed by atoms with Gasteiger partial charge in [-0.15, -0.1) is 0 Å². The molecule has 0 unspecified atom stereocenters. The Hall–Kier alpha value is -4.50. The van der Waals surface area contributed by atoms with Gasteiger partial charge in [-0.3, -0.25) is 0 Å². The molecule has 0 radical (unpaired) electrons. The highest BCUT2D eigenvalue weighted by Gasteiger charge is 2.30. The molecule has 0 aromatic heterocycles. The minimum atomic E-state index is 1.13. The Morgan fingerprint density at radius 2 is 0.824 bits per heavy atom. The molecule has 3 nitrogen and oxygen atoms in total. The van der Waals surface area contributed by atoms with Gasteiger partial charge >= 0.3 is 0 Å². The molecule has 3 heteroatoms. The van der Waals surface area contributed by atoms with Gasteiger partial charge in [-0.05, 0) is 66.7 Å². The van der Waals surface area contributed by atoms with E-state index in [-0.39, 0.29) is 0 Å². The van der Waals surface area contributed by atoms with Crippen LogP contribution in [0.2, 0.25) is 0 Å². The standard InChI is InChI=1S/C31H25N3/c1-32(24-13-4-2-5-14-24)26-17-12-18-27(23-26)34-30-21-10-8-19-28(30)33(25-15-6-3-7-16-25)29-20-9-11-22-31(29)34/h2-23H,1H3. The Morgan fingerprint density at radius 1 is 0.412 bits per heavy atom. The van der Waals surface area contributed by atoms with Gasteiger partial charge in [-0.1, -0.05) is 66.7 Å². The Morgan fingerprint density at radius 3 is 1.38 bits per heavy atom. The largest absolute Gasteiger partial charge is 0.345 e. The van der Waals surface area contributed by atoms with Crippen LogP contribution in [0, 0.1) is 0 Å². The van der Waals surface area contributed by atoms with Crippen LogP contribution in [0.25, 0.3) is 0 Å². The molecule has 0 fully saturated rings. The molecule has 34 heavy (non-hydrogen) atoms. The van der Waals surface area contributed by atoms with Crippen LogP contribution >= 0.6 is 0 Å². The van der Waals surface area contributed by atoms with Crippen molar-refractivity contribution in [2.24, 2.45) is 0 Å². The lowest BCUT2D eigenvalue weighted by atomic mass is 10.0. The highest BCUT2D eigenvalue weighted by atomic mass is 15.3. The highest BCUT2D eigenvalue weighted by molar-refractivity contribution is 6.01. The van der Waals surface area contributed by atoms with Crippen LogP contribution in [0.4, 0.5) is 45.5 Å². The van der Waals surface area contributed by atoms with E-state index in [0.717, 1.165) is 45.5 Å². The summed E-state index contributed by atoms with van der Waals surface area (Å²) in [6.45, 7) is 0. The molecule has 1 aliphatic rings. The van der Waals surface area contributed by atoms with Crippen molar-refractivity contribution in [3.63, 3.8) is 0 Å². The molecule has 0 amide bonds. The van der Waals surface area contributed by atoms with Gasteiger partial charge in [-0.25, -0.2) is 0 Å². The fourth-order valence-electron chi connectivity index (χ4n) is 4.72. The van der Waals surface area contributed by atoms with E-state index in [4.69, 9.17) is 0 Å². The van der Waals surface area contributed by atoms with Gasteiger partial charge in [-0.2, -0.15) is 0 Å². The van der Waals surface area contributed by atoms with E-state index in [2.05, 4.69) is 149 Å². The molecule has 6 rings (SSSR count).